The molecular formula is C16H23FN2O. The summed E-state index contributed by atoms with van der Waals surface area (Å²) in [4.78, 5) is 2.35. The van der Waals surface area contributed by atoms with Crippen molar-refractivity contribution < 1.29 is 9.13 Å². The summed E-state index contributed by atoms with van der Waals surface area (Å²) in [6.45, 7) is 7.39. The van der Waals surface area contributed by atoms with Gasteiger partial charge in [-0.05, 0) is 50.5 Å². The first-order valence-electron chi connectivity index (χ1n) is 7.43. The zero-order valence-corrected chi connectivity index (χ0v) is 12.3. The Labute approximate surface area is 120 Å². The molecule has 1 aliphatic carbocycles. The van der Waals surface area contributed by atoms with E-state index in [1.807, 2.05) is 6.07 Å². The van der Waals surface area contributed by atoms with Crippen molar-refractivity contribution in [2.75, 3.05) is 24.7 Å². The van der Waals surface area contributed by atoms with E-state index < -0.39 is 0 Å². The predicted molar refractivity (Wildman–Crippen MR) is 78.5 cm³/mol. The van der Waals surface area contributed by atoms with Gasteiger partial charge in [-0.25, -0.2) is 4.39 Å². The number of nitrogens with one attached hydrogen (secondary N) is 1. The zero-order chi connectivity index (χ0) is 14.2. The fourth-order valence-electron chi connectivity index (χ4n) is 2.81. The number of rotatable bonds is 4. The Morgan fingerprint density at radius 3 is 2.90 bits per heavy atom. The van der Waals surface area contributed by atoms with Gasteiger partial charge in [-0.3, -0.25) is 0 Å². The molecule has 4 heteroatoms. The molecule has 1 aromatic rings. The van der Waals surface area contributed by atoms with E-state index in [0.717, 1.165) is 30.9 Å². The highest BCUT2D eigenvalue weighted by atomic mass is 19.1. The quantitative estimate of drug-likeness (QED) is 0.916. The molecule has 0 aromatic heterocycles. The van der Waals surface area contributed by atoms with Crippen LogP contribution in [0, 0.1) is 5.82 Å². The maximum Gasteiger partial charge on any atom is 0.123 e. The fraction of sp³-hybridized carbons (Fsp3) is 0.625. The third kappa shape index (κ3) is 2.96. The number of benzene rings is 1. The molecule has 1 N–H and O–H groups in total. The van der Waals surface area contributed by atoms with Gasteiger partial charge >= 0.3 is 0 Å². The second kappa shape index (κ2) is 5.34. The highest BCUT2D eigenvalue weighted by Crippen LogP contribution is 2.31. The molecule has 0 amide bonds. The van der Waals surface area contributed by atoms with Gasteiger partial charge < -0.3 is 15.0 Å². The molecule has 1 aromatic carbocycles. The lowest BCUT2D eigenvalue weighted by molar-refractivity contribution is 0.0643. The van der Waals surface area contributed by atoms with Crippen molar-refractivity contribution in [3.05, 3.63) is 29.6 Å². The van der Waals surface area contributed by atoms with Gasteiger partial charge in [0.25, 0.3) is 0 Å². The Balaban J connectivity index is 1.86. The fourth-order valence-corrected chi connectivity index (χ4v) is 2.81. The SMILES string of the molecule is CC1(C)COCCN1c1ccc(F)cc1CNC1CC1. The van der Waals surface area contributed by atoms with Crippen LogP contribution in [0.1, 0.15) is 32.3 Å². The van der Waals surface area contributed by atoms with Gasteiger partial charge in [-0.1, -0.05) is 0 Å². The van der Waals surface area contributed by atoms with Crippen LogP contribution in [-0.4, -0.2) is 31.3 Å². The number of ether oxygens (including phenoxy) is 1. The molecule has 1 saturated carbocycles. The Bertz CT molecular complexity index is 485. The smallest absolute Gasteiger partial charge is 0.123 e. The minimum atomic E-state index is -0.160. The molecule has 1 aliphatic heterocycles. The van der Waals surface area contributed by atoms with Crippen molar-refractivity contribution in [2.45, 2.75) is 44.8 Å². The standard InChI is InChI=1S/C16H23FN2O/c1-16(2)11-20-8-7-19(16)15-6-3-13(17)9-12(15)10-18-14-4-5-14/h3,6,9,14,18H,4-5,7-8,10-11H2,1-2H3. The summed E-state index contributed by atoms with van der Waals surface area (Å²) < 4.78 is 19.2. The number of anilines is 1. The third-order valence-corrected chi connectivity index (χ3v) is 4.14. The Morgan fingerprint density at radius 2 is 2.20 bits per heavy atom. The minimum absolute atomic E-state index is 0.0512. The molecule has 0 bridgehead atoms. The van der Waals surface area contributed by atoms with Crippen LogP contribution in [-0.2, 0) is 11.3 Å². The van der Waals surface area contributed by atoms with Crippen molar-refractivity contribution in [2.24, 2.45) is 0 Å². The predicted octanol–water partition coefficient (Wildman–Crippen LogP) is 2.69. The summed E-state index contributed by atoms with van der Waals surface area (Å²) in [6.07, 6.45) is 2.49. The first-order valence-corrected chi connectivity index (χ1v) is 7.43. The van der Waals surface area contributed by atoms with Crippen LogP contribution < -0.4 is 10.2 Å². The first-order chi connectivity index (χ1) is 9.56. The minimum Gasteiger partial charge on any atom is -0.377 e. The normalized spacial score (nSPS) is 22.1. The second-order valence-corrected chi connectivity index (χ2v) is 6.44. The van der Waals surface area contributed by atoms with Gasteiger partial charge in [0, 0.05) is 24.8 Å². The van der Waals surface area contributed by atoms with Gasteiger partial charge in [0.05, 0.1) is 18.8 Å². The summed E-state index contributed by atoms with van der Waals surface area (Å²) in [5.74, 6) is -0.160. The summed E-state index contributed by atoms with van der Waals surface area (Å²) in [6, 6.07) is 5.76. The maximum atomic E-state index is 13.6. The van der Waals surface area contributed by atoms with E-state index in [9.17, 15) is 4.39 Å². The molecule has 1 saturated heterocycles. The van der Waals surface area contributed by atoms with Crippen molar-refractivity contribution in [1.82, 2.24) is 5.32 Å². The van der Waals surface area contributed by atoms with Crippen LogP contribution in [0.4, 0.5) is 10.1 Å². The molecule has 20 heavy (non-hydrogen) atoms. The summed E-state index contributed by atoms with van der Waals surface area (Å²) in [5.41, 5.74) is 2.13. The molecule has 3 rings (SSSR count). The number of hydrogen-bond acceptors (Lipinski definition) is 3. The molecular weight excluding hydrogens is 255 g/mol. The van der Waals surface area contributed by atoms with Crippen molar-refractivity contribution in [3.8, 4) is 0 Å². The lowest BCUT2D eigenvalue weighted by Gasteiger charge is -2.44. The number of hydrogen-bond donors (Lipinski definition) is 1. The first kappa shape index (κ1) is 13.8. The van der Waals surface area contributed by atoms with Crippen LogP contribution in [0.15, 0.2) is 18.2 Å². The van der Waals surface area contributed by atoms with Crippen molar-refractivity contribution >= 4 is 5.69 Å². The van der Waals surface area contributed by atoms with Crippen LogP contribution in [0.5, 0.6) is 0 Å². The van der Waals surface area contributed by atoms with Crippen LogP contribution >= 0.6 is 0 Å². The Morgan fingerprint density at radius 1 is 1.40 bits per heavy atom. The van der Waals surface area contributed by atoms with Crippen molar-refractivity contribution in [3.63, 3.8) is 0 Å². The van der Waals surface area contributed by atoms with Crippen LogP contribution in [0.3, 0.4) is 0 Å². The van der Waals surface area contributed by atoms with Gasteiger partial charge in [-0.15, -0.1) is 0 Å². The summed E-state index contributed by atoms with van der Waals surface area (Å²) >= 11 is 0. The number of morpholine rings is 1. The largest absolute Gasteiger partial charge is 0.377 e. The Kier molecular flexibility index (Phi) is 3.69. The van der Waals surface area contributed by atoms with Crippen molar-refractivity contribution in [1.29, 1.82) is 0 Å². The lowest BCUT2D eigenvalue weighted by atomic mass is 9.99. The molecule has 3 nitrogen and oxygen atoms in total. The van der Waals surface area contributed by atoms with Gasteiger partial charge in [0.2, 0.25) is 0 Å². The van der Waals surface area contributed by atoms with E-state index in [2.05, 4.69) is 24.1 Å². The van der Waals surface area contributed by atoms with E-state index >= 15 is 0 Å². The average Bonchev–Trinajstić information content (AvgIpc) is 3.21. The van der Waals surface area contributed by atoms with E-state index in [1.54, 1.807) is 12.1 Å². The Hall–Kier alpha value is -1.13. The molecule has 2 fully saturated rings. The summed E-state index contributed by atoms with van der Waals surface area (Å²) in [5, 5.41) is 3.48. The number of nitrogens with zero attached hydrogens (tertiary/aromatic N) is 1. The van der Waals surface area contributed by atoms with E-state index in [4.69, 9.17) is 4.74 Å². The highest BCUT2D eigenvalue weighted by molar-refractivity contribution is 5.56. The molecule has 0 atom stereocenters. The monoisotopic (exact) mass is 278 g/mol. The molecule has 0 unspecified atom stereocenters. The maximum absolute atomic E-state index is 13.6. The highest BCUT2D eigenvalue weighted by Gasteiger charge is 2.32. The van der Waals surface area contributed by atoms with Gasteiger partial charge in [0.1, 0.15) is 5.82 Å². The molecule has 0 spiro atoms. The van der Waals surface area contributed by atoms with Gasteiger partial charge in [-0.2, -0.15) is 0 Å². The molecule has 110 valence electrons. The van der Waals surface area contributed by atoms with Crippen LogP contribution in [0.25, 0.3) is 0 Å². The average molecular weight is 278 g/mol. The number of halogens is 1. The van der Waals surface area contributed by atoms with Crippen LogP contribution in [0.2, 0.25) is 0 Å². The summed E-state index contributed by atoms with van der Waals surface area (Å²) in [7, 11) is 0. The third-order valence-electron chi connectivity index (χ3n) is 4.14. The zero-order valence-electron chi connectivity index (χ0n) is 12.3. The van der Waals surface area contributed by atoms with E-state index in [1.165, 1.54) is 12.8 Å². The van der Waals surface area contributed by atoms with Gasteiger partial charge in [0.15, 0.2) is 0 Å². The molecule has 1 heterocycles. The topological polar surface area (TPSA) is 24.5 Å². The lowest BCUT2D eigenvalue weighted by Crippen LogP contribution is -2.53. The molecule has 2 aliphatic rings. The van der Waals surface area contributed by atoms with E-state index in [-0.39, 0.29) is 11.4 Å². The second-order valence-electron chi connectivity index (χ2n) is 6.44. The molecule has 0 radical (unpaired) electrons. The van der Waals surface area contributed by atoms with E-state index in [0.29, 0.717) is 12.6 Å².